The molecular weight excluding hydrogens is 271 g/mol. The number of halogens is 1. The van der Waals surface area contributed by atoms with E-state index in [1.165, 1.54) is 6.07 Å². The van der Waals surface area contributed by atoms with Crippen molar-refractivity contribution >= 4 is 11.6 Å². The highest BCUT2D eigenvalue weighted by atomic mass is 19.1. The summed E-state index contributed by atoms with van der Waals surface area (Å²) in [5.41, 5.74) is 0.653. The Hall–Kier alpha value is -1.62. The maximum atomic E-state index is 13.9. The van der Waals surface area contributed by atoms with E-state index >= 15 is 0 Å². The van der Waals surface area contributed by atoms with Gasteiger partial charge in [0.05, 0.1) is 11.3 Å². The molecule has 0 radical (unpaired) electrons. The molecule has 1 aliphatic rings. The summed E-state index contributed by atoms with van der Waals surface area (Å²) < 4.78 is 13.9. The highest BCUT2D eigenvalue weighted by molar-refractivity contribution is 6.00. The number of rotatable bonds is 5. The van der Waals surface area contributed by atoms with E-state index < -0.39 is 5.82 Å². The summed E-state index contributed by atoms with van der Waals surface area (Å²) in [7, 11) is 0. The van der Waals surface area contributed by atoms with E-state index in [1.807, 2.05) is 6.92 Å². The van der Waals surface area contributed by atoms with Crippen LogP contribution in [0.4, 0.5) is 10.1 Å². The largest absolute Gasteiger partial charge is 0.396 e. The van der Waals surface area contributed by atoms with Crippen LogP contribution in [-0.2, 0) is 0 Å². The average Bonchev–Trinajstić information content (AvgIpc) is 2.50. The molecule has 116 valence electrons. The first kappa shape index (κ1) is 15.8. The second-order valence-corrected chi connectivity index (χ2v) is 5.35. The van der Waals surface area contributed by atoms with E-state index in [9.17, 15) is 9.18 Å². The number of nitrogens with zero attached hydrogens (tertiary/aromatic N) is 1. The predicted octanol–water partition coefficient (Wildman–Crippen LogP) is 2.63. The minimum absolute atomic E-state index is 0.0500. The van der Waals surface area contributed by atoms with E-state index in [0.717, 1.165) is 19.3 Å². The van der Waals surface area contributed by atoms with Gasteiger partial charge in [0.25, 0.3) is 5.91 Å². The number of anilines is 1. The number of aliphatic hydroxyl groups is 1. The first-order valence-corrected chi connectivity index (χ1v) is 7.63. The molecule has 0 aliphatic carbocycles. The van der Waals surface area contributed by atoms with Crippen molar-refractivity contribution in [2.24, 2.45) is 0 Å². The Balaban J connectivity index is 2.27. The number of likely N-dealkylation sites (tertiary alicyclic amines) is 1. The van der Waals surface area contributed by atoms with Crippen LogP contribution in [0.25, 0.3) is 0 Å². The summed E-state index contributed by atoms with van der Waals surface area (Å²) in [6, 6.07) is 4.63. The fourth-order valence-electron chi connectivity index (χ4n) is 2.93. The molecule has 1 heterocycles. The van der Waals surface area contributed by atoms with E-state index in [2.05, 4.69) is 5.32 Å². The summed E-state index contributed by atoms with van der Waals surface area (Å²) >= 11 is 0. The van der Waals surface area contributed by atoms with Crippen LogP contribution < -0.4 is 5.32 Å². The van der Waals surface area contributed by atoms with Gasteiger partial charge in [-0.15, -0.1) is 0 Å². The molecule has 1 amide bonds. The molecule has 0 saturated carbocycles. The molecule has 2 rings (SSSR count). The van der Waals surface area contributed by atoms with Crippen LogP contribution in [0.3, 0.4) is 0 Å². The molecule has 0 bridgehead atoms. The molecule has 4 nitrogen and oxygen atoms in total. The van der Waals surface area contributed by atoms with E-state index in [-0.39, 0.29) is 24.2 Å². The summed E-state index contributed by atoms with van der Waals surface area (Å²) in [6.45, 7) is 3.17. The van der Waals surface area contributed by atoms with Crippen molar-refractivity contribution in [3.63, 3.8) is 0 Å². The maximum Gasteiger partial charge on any atom is 0.256 e. The van der Waals surface area contributed by atoms with Gasteiger partial charge in [-0.25, -0.2) is 4.39 Å². The molecule has 1 unspecified atom stereocenters. The molecule has 0 spiro atoms. The summed E-state index contributed by atoms with van der Waals surface area (Å²) in [5.74, 6) is -0.554. The summed E-state index contributed by atoms with van der Waals surface area (Å²) in [4.78, 5) is 14.6. The highest BCUT2D eigenvalue weighted by Crippen LogP contribution is 2.26. The molecular formula is C16H23FN2O2. The van der Waals surface area contributed by atoms with Gasteiger partial charge >= 0.3 is 0 Å². The monoisotopic (exact) mass is 294 g/mol. The molecule has 1 aromatic carbocycles. The number of nitrogens with one attached hydrogen (secondary N) is 1. The van der Waals surface area contributed by atoms with Crippen molar-refractivity contribution in [3.05, 3.63) is 29.6 Å². The Labute approximate surface area is 125 Å². The quantitative estimate of drug-likeness (QED) is 0.878. The van der Waals surface area contributed by atoms with Crippen molar-refractivity contribution in [1.29, 1.82) is 0 Å². The molecule has 2 N–H and O–H groups in total. The van der Waals surface area contributed by atoms with Crippen molar-refractivity contribution in [3.8, 4) is 0 Å². The third-order valence-corrected chi connectivity index (χ3v) is 3.95. The maximum absolute atomic E-state index is 13.9. The Morgan fingerprint density at radius 1 is 1.48 bits per heavy atom. The first-order chi connectivity index (χ1) is 10.2. The third kappa shape index (κ3) is 3.53. The first-order valence-electron chi connectivity index (χ1n) is 7.63. The minimum atomic E-state index is -0.404. The number of aliphatic hydroxyl groups excluding tert-OH is 1. The molecule has 5 heteroatoms. The van der Waals surface area contributed by atoms with Crippen LogP contribution in [0, 0.1) is 5.82 Å². The number of hydrogen-bond acceptors (Lipinski definition) is 3. The van der Waals surface area contributed by atoms with E-state index in [1.54, 1.807) is 17.0 Å². The van der Waals surface area contributed by atoms with E-state index in [0.29, 0.717) is 25.1 Å². The number of amides is 1. The SMILES string of the molecule is CCNc1c(F)cccc1C(=O)N1CCCCC1CCO. The van der Waals surface area contributed by atoms with Gasteiger partial charge in [0.15, 0.2) is 0 Å². The standard InChI is InChI=1S/C16H23FN2O2/c1-2-18-15-13(7-5-8-14(15)17)16(21)19-10-4-3-6-12(19)9-11-20/h5,7-8,12,18,20H,2-4,6,9-11H2,1H3. The Morgan fingerprint density at radius 2 is 2.29 bits per heavy atom. The zero-order valence-corrected chi connectivity index (χ0v) is 12.4. The lowest BCUT2D eigenvalue weighted by molar-refractivity contribution is 0.0575. The number of hydrogen-bond donors (Lipinski definition) is 2. The Morgan fingerprint density at radius 3 is 3.00 bits per heavy atom. The minimum Gasteiger partial charge on any atom is -0.396 e. The smallest absolute Gasteiger partial charge is 0.256 e. The van der Waals surface area contributed by atoms with Gasteiger partial charge in [0.1, 0.15) is 5.82 Å². The van der Waals surface area contributed by atoms with Gasteiger partial charge in [-0.2, -0.15) is 0 Å². The van der Waals surface area contributed by atoms with Gasteiger partial charge in [0.2, 0.25) is 0 Å². The fourth-order valence-corrected chi connectivity index (χ4v) is 2.93. The second-order valence-electron chi connectivity index (χ2n) is 5.35. The molecule has 1 aromatic rings. The predicted molar refractivity (Wildman–Crippen MR) is 80.9 cm³/mol. The molecule has 1 atom stereocenters. The van der Waals surface area contributed by atoms with Crippen LogP contribution >= 0.6 is 0 Å². The summed E-state index contributed by atoms with van der Waals surface area (Å²) in [6.07, 6.45) is 3.51. The third-order valence-electron chi connectivity index (χ3n) is 3.95. The van der Waals surface area contributed by atoms with Crippen molar-refractivity contribution in [1.82, 2.24) is 4.90 Å². The van der Waals surface area contributed by atoms with Gasteiger partial charge in [-0.05, 0) is 44.7 Å². The van der Waals surface area contributed by atoms with Crippen LogP contribution in [0.2, 0.25) is 0 Å². The van der Waals surface area contributed by atoms with Gasteiger partial charge < -0.3 is 15.3 Å². The fraction of sp³-hybridized carbons (Fsp3) is 0.562. The van der Waals surface area contributed by atoms with Crippen LogP contribution in [-0.4, -0.2) is 41.7 Å². The Bertz CT molecular complexity index is 491. The van der Waals surface area contributed by atoms with Crippen LogP contribution in [0.15, 0.2) is 18.2 Å². The lowest BCUT2D eigenvalue weighted by atomic mass is 9.98. The van der Waals surface area contributed by atoms with E-state index in [4.69, 9.17) is 5.11 Å². The topological polar surface area (TPSA) is 52.6 Å². The number of carbonyl (C=O) groups is 1. The van der Waals surface area contributed by atoms with Crippen LogP contribution in [0.1, 0.15) is 43.0 Å². The van der Waals surface area contributed by atoms with Gasteiger partial charge in [-0.1, -0.05) is 6.07 Å². The Kier molecular flexibility index (Phi) is 5.56. The molecule has 21 heavy (non-hydrogen) atoms. The zero-order valence-electron chi connectivity index (χ0n) is 12.4. The lowest BCUT2D eigenvalue weighted by Gasteiger charge is -2.36. The van der Waals surface area contributed by atoms with Gasteiger partial charge in [-0.3, -0.25) is 4.79 Å². The second kappa shape index (κ2) is 7.41. The lowest BCUT2D eigenvalue weighted by Crippen LogP contribution is -2.44. The number of carbonyl (C=O) groups excluding carboxylic acids is 1. The zero-order chi connectivity index (χ0) is 15.2. The van der Waals surface area contributed by atoms with Crippen molar-refractivity contribution in [2.75, 3.05) is 25.0 Å². The molecule has 0 aromatic heterocycles. The average molecular weight is 294 g/mol. The van der Waals surface area contributed by atoms with Crippen molar-refractivity contribution < 1.29 is 14.3 Å². The molecule has 1 fully saturated rings. The number of benzene rings is 1. The van der Waals surface area contributed by atoms with Gasteiger partial charge in [0, 0.05) is 25.7 Å². The number of para-hydroxylation sites is 1. The highest BCUT2D eigenvalue weighted by Gasteiger charge is 2.28. The molecule has 1 saturated heterocycles. The molecule has 1 aliphatic heterocycles. The summed E-state index contributed by atoms with van der Waals surface area (Å²) in [5, 5.41) is 12.1. The number of piperidine rings is 1. The van der Waals surface area contributed by atoms with Crippen molar-refractivity contribution in [2.45, 2.75) is 38.6 Å². The van der Waals surface area contributed by atoms with Crippen LogP contribution in [0.5, 0.6) is 0 Å². The normalized spacial score (nSPS) is 18.6.